The topological polar surface area (TPSA) is 59.8 Å². The fourth-order valence-electron chi connectivity index (χ4n) is 1.85. The molecule has 1 rings (SSSR count). The fraction of sp³-hybridized carbons (Fsp3) is 0.786. The molecule has 0 aromatic carbocycles. The molecule has 0 saturated heterocycles. The zero-order valence-corrected chi connectivity index (χ0v) is 14.0. The predicted molar refractivity (Wildman–Crippen MR) is 82.5 cm³/mol. The van der Waals surface area contributed by atoms with Gasteiger partial charge in [0.2, 0.25) is 0 Å². The monoisotopic (exact) mass is 319 g/mol. The van der Waals surface area contributed by atoms with Crippen LogP contribution in [0.3, 0.4) is 0 Å². The lowest BCUT2D eigenvalue weighted by molar-refractivity contribution is -0.0175. The third kappa shape index (κ3) is 7.24. The van der Waals surface area contributed by atoms with Gasteiger partial charge in [0.15, 0.2) is 0 Å². The second-order valence-electron chi connectivity index (χ2n) is 5.40. The Kier molecular flexibility index (Phi) is 8.21. The van der Waals surface area contributed by atoms with Crippen molar-refractivity contribution in [3.8, 4) is 0 Å². The molecule has 7 heteroatoms. The van der Waals surface area contributed by atoms with Crippen LogP contribution in [0.4, 0.5) is 0 Å². The normalized spacial score (nSPS) is 13.3. The van der Waals surface area contributed by atoms with E-state index in [-0.39, 0.29) is 6.10 Å². The van der Waals surface area contributed by atoms with E-state index in [0.29, 0.717) is 38.1 Å². The highest BCUT2D eigenvalue weighted by Gasteiger charge is 2.12. The van der Waals surface area contributed by atoms with Crippen molar-refractivity contribution >= 4 is 11.6 Å². The summed E-state index contributed by atoms with van der Waals surface area (Å²) in [5.41, 5.74) is 0. The third-order valence-electron chi connectivity index (χ3n) is 2.95. The summed E-state index contributed by atoms with van der Waals surface area (Å²) >= 11 is 5.94. The number of hydrogen-bond acceptors (Lipinski definition) is 5. The molecule has 0 radical (unpaired) electrons. The highest BCUT2D eigenvalue weighted by molar-refractivity contribution is 6.29. The number of aliphatic hydroxyl groups is 1. The Bertz CT molecular complexity index is 412. The molecule has 6 nitrogen and oxygen atoms in total. The maximum atomic E-state index is 9.92. The van der Waals surface area contributed by atoms with Gasteiger partial charge in [-0.15, -0.1) is 0 Å². The van der Waals surface area contributed by atoms with Crippen molar-refractivity contribution in [2.75, 3.05) is 33.4 Å². The number of aromatic nitrogens is 2. The average molecular weight is 320 g/mol. The Morgan fingerprint density at radius 1 is 1.43 bits per heavy atom. The molecule has 1 heterocycles. The van der Waals surface area contributed by atoms with Crippen molar-refractivity contribution in [1.29, 1.82) is 0 Å². The predicted octanol–water partition coefficient (Wildman–Crippen LogP) is 1.31. The lowest BCUT2D eigenvalue weighted by Gasteiger charge is -2.20. The first-order chi connectivity index (χ1) is 9.90. The molecular formula is C14H26ClN3O3. The minimum absolute atomic E-state index is 0.203. The van der Waals surface area contributed by atoms with Crippen molar-refractivity contribution < 1.29 is 14.6 Å². The number of ether oxygens (including phenoxy) is 2. The summed E-state index contributed by atoms with van der Waals surface area (Å²) in [6.07, 6.45) is 1.29. The molecule has 21 heavy (non-hydrogen) atoms. The number of hydrogen-bond donors (Lipinski definition) is 1. The standard InChI is InChI=1S/C14H26ClN3O3/c1-11(2)21-6-5-20-10-12(19)8-17(3)9-14-16-7-13(15)18(14)4/h7,11-12,19H,5-6,8-10H2,1-4H3. The summed E-state index contributed by atoms with van der Waals surface area (Å²) in [6, 6.07) is 0. The summed E-state index contributed by atoms with van der Waals surface area (Å²) in [7, 11) is 3.79. The van der Waals surface area contributed by atoms with E-state index in [1.807, 2.05) is 37.4 Å². The molecule has 0 fully saturated rings. The second kappa shape index (κ2) is 9.38. The molecule has 0 aliphatic carbocycles. The quantitative estimate of drug-likeness (QED) is 0.659. The molecule has 0 aliphatic heterocycles. The number of rotatable bonds is 10. The van der Waals surface area contributed by atoms with Gasteiger partial charge >= 0.3 is 0 Å². The van der Waals surface area contributed by atoms with Crippen LogP contribution in [0.15, 0.2) is 6.20 Å². The van der Waals surface area contributed by atoms with E-state index in [1.54, 1.807) is 6.20 Å². The molecule has 0 amide bonds. The van der Waals surface area contributed by atoms with E-state index in [2.05, 4.69) is 4.98 Å². The molecule has 0 spiro atoms. The fourth-order valence-corrected chi connectivity index (χ4v) is 2.00. The van der Waals surface area contributed by atoms with Gasteiger partial charge in [-0.1, -0.05) is 11.6 Å². The molecule has 1 N–H and O–H groups in total. The van der Waals surface area contributed by atoms with Gasteiger partial charge in [0.25, 0.3) is 0 Å². The minimum Gasteiger partial charge on any atom is -0.389 e. The van der Waals surface area contributed by atoms with E-state index >= 15 is 0 Å². The highest BCUT2D eigenvalue weighted by Crippen LogP contribution is 2.10. The summed E-state index contributed by atoms with van der Waals surface area (Å²) in [5, 5.41) is 10.5. The van der Waals surface area contributed by atoms with Crippen LogP contribution in [0.2, 0.25) is 5.15 Å². The van der Waals surface area contributed by atoms with Gasteiger partial charge < -0.3 is 19.1 Å². The van der Waals surface area contributed by atoms with Gasteiger partial charge in [0.1, 0.15) is 11.0 Å². The third-order valence-corrected chi connectivity index (χ3v) is 3.30. The van der Waals surface area contributed by atoms with Crippen LogP contribution >= 0.6 is 11.6 Å². The molecule has 1 aromatic rings. The van der Waals surface area contributed by atoms with E-state index in [0.717, 1.165) is 5.82 Å². The van der Waals surface area contributed by atoms with Crippen LogP contribution in [0, 0.1) is 0 Å². The zero-order chi connectivity index (χ0) is 15.8. The molecule has 1 atom stereocenters. The van der Waals surface area contributed by atoms with E-state index in [1.165, 1.54) is 0 Å². The molecule has 0 saturated carbocycles. The van der Waals surface area contributed by atoms with Crippen LogP contribution in [0.25, 0.3) is 0 Å². The van der Waals surface area contributed by atoms with E-state index < -0.39 is 6.10 Å². The first-order valence-electron chi connectivity index (χ1n) is 7.12. The average Bonchev–Trinajstić information content (AvgIpc) is 2.70. The van der Waals surface area contributed by atoms with Gasteiger partial charge in [-0.25, -0.2) is 4.98 Å². The minimum atomic E-state index is -0.537. The Morgan fingerprint density at radius 3 is 2.71 bits per heavy atom. The Labute approximate surface area is 131 Å². The number of nitrogens with zero attached hydrogens (tertiary/aromatic N) is 3. The number of imidazole rings is 1. The zero-order valence-electron chi connectivity index (χ0n) is 13.3. The second-order valence-corrected chi connectivity index (χ2v) is 5.79. The maximum absolute atomic E-state index is 9.92. The van der Waals surface area contributed by atoms with Crippen LogP contribution in [-0.2, 0) is 23.1 Å². The van der Waals surface area contributed by atoms with Crippen molar-refractivity contribution in [2.24, 2.45) is 7.05 Å². The van der Waals surface area contributed by atoms with Gasteiger partial charge in [0.05, 0.1) is 44.8 Å². The Balaban J connectivity index is 2.18. The van der Waals surface area contributed by atoms with E-state index in [4.69, 9.17) is 21.1 Å². The van der Waals surface area contributed by atoms with Crippen molar-refractivity contribution in [2.45, 2.75) is 32.6 Å². The SMILES string of the molecule is CC(C)OCCOCC(O)CN(C)Cc1ncc(Cl)n1C. The lowest BCUT2D eigenvalue weighted by atomic mass is 10.3. The summed E-state index contributed by atoms with van der Waals surface area (Å²) in [4.78, 5) is 6.21. The van der Waals surface area contributed by atoms with Crippen LogP contribution < -0.4 is 0 Å². The Hall–Kier alpha value is -0.660. The first-order valence-corrected chi connectivity index (χ1v) is 7.50. The van der Waals surface area contributed by atoms with Crippen molar-refractivity contribution in [1.82, 2.24) is 14.5 Å². The Morgan fingerprint density at radius 2 is 2.14 bits per heavy atom. The van der Waals surface area contributed by atoms with Gasteiger partial charge in [-0.2, -0.15) is 0 Å². The maximum Gasteiger partial charge on any atom is 0.128 e. The number of aliphatic hydroxyl groups excluding tert-OH is 1. The largest absolute Gasteiger partial charge is 0.389 e. The first kappa shape index (κ1) is 18.4. The highest BCUT2D eigenvalue weighted by atomic mass is 35.5. The molecular weight excluding hydrogens is 294 g/mol. The van der Waals surface area contributed by atoms with Crippen LogP contribution in [0.1, 0.15) is 19.7 Å². The van der Waals surface area contributed by atoms with Gasteiger partial charge in [-0.3, -0.25) is 4.90 Å². The van der Waals surface area contributed by atoms with Crippen molar-refractivity contribution in [3.05, 3.63) is 17.2 Å². The lowest BCUT2D eigenvalue weighted by Crippen LogP contribution is -2.33. The number of halogens is 1. The van der Waals surface area contributed by atoms with Gasteiger partial charge in [0, 0.05) is 13.6 Å². The smallest absolute Gasteiger partial charge is 0.128 e. The summed E-state index contributed by atoms with van der Waals surface area (Å²) in [6.45, 7) is 6.43. The van der Waals surface area contributed by atoms with Gasteiger partial charge in [-0.05, 0) is 20.9 Å². The van der Waals surface area contributed by atoms with Crippen molar-refractivity contribution in [3.63, 3.8) is 0 Å². The molecule has 0 bridgehead atoms. The summed E-state index contributed by atoms with van der Waals surface area (Å²) in [5.74, 6) is 0.862. The summed E-state index contributed by atoms with van der Waals surface area (Å²) < 4.78 is 12.6. The molecule has 1 aromatic heterocycles. The van der Waals surface area contributed by atoms with Crippen LogP contribution in [-0.4, -0.2) is 65.2 Å². The molecule has 0 aliphatic rings. The van der Waals surface area contributed by atoms with Crippen LogP contribution in [0.5, 0.6) is 0 Å². The van der Waals surface area contributed by atoms with E-state index in [9.17, 15) is 5.11 Å². The molecule has 1 unspecified atom stereocenters. The molecule has 122 valence electrons. The number of likely N-dealkylation sites (N-methyl/N-ethyl adjacent to an activating group) is 1.